The van der Waals surface area contributed by atoms with Crippen LogP contribution in [-0.4, -0.2) is 47.6 Å². The molecular formula is C15H26N2O3S. The van der Waals surface area contributed by atoms with Gasteiger partial charge in [0.05, 0.1) is 11.7 Å². The molecule has 1 amide bonds. The number of nitrogens with one attached hydrogen (secondary N) is 2. The molecule has 21 heavy (non-hydrogen) atoms. The standard InChI is InChI=1S/C15H26N2O3S/c18-14(10-21-13-5-7-16-8-6-13)17-9-11-1-3-12(4-2-11)15(19)20/h11-13,16H,1-10H2,(H,17,18)(H,19,20). The van der Waals surface area contributed by atoms with Crippen molar-refractivity contribution in [3.8, 4) is 0 Å². The summed E-state index contributed by atoms with van der Waals surface area (Å²) >= 11 is 1.77. The fourth-order valence-electron chi connectivity index (χ4n) is 3.08. The Morgan fingerprint density at radius 3 is 2.38 bits per heavy atom. The number of piperidine rings is 1. The summed E-state index contributed by atoms with van der Waals surface area (Å²) in [6.07, 6.45) is 5.63. The van der Waals surface area contributed by atoms with Crippen LogP contribution in [0.15, 0.2) is 0 Å². The predicted octanol–water partition coefficient (Wildman–Crippen LogP) is 1.48. The van der Waals surface area contributed by atoms with Crippen LogP contribution in [0, 0.1) is 11.8 Å². The van der Waals surface area contributed by atoms with E-state index in [2.05, 4.69) is 10.6 Å². The van der Waals surface area contributed by atoms with E-state index in [-0.39, 0.29) is 11.8 Å². The van der Waals surface area contributed by atoms with Crippen LogP contribution < -0.4 is 10.6 Å². The molecule has 0 spiro atoms. The molecule has 2 fully saturated rings. The van der Waals surface area contributed by atoms with E-state index in [1.807, 2.05) is 0 Å². The first-order valence-corrected chi connectivity index (χ1v) is 9.02. The van der Waals surface area contributed by atoms with Crippen molar-refractivity contribution in [1.29, 1.82) is 0 Å². The van der Waals surface area contributed by atoms with E-state index in [1.165, 1.54) is 0 Å². The number of carboxylic acid groups (broad SMARTS) is 1. The lowest BCUT2D eigenvalue weighted by Gasteiger charge is -2.26. The van der Waals surface area contributed by atoms with E-state index in [0.717, 1.165) is 51.6 Å². The van der Waals surface area contributed by atoms with Gasteiger partial charge in [0.2, 0.25) is 5.91 Å². The number of aliphatic carboxylic acids is 1. The van der Waals surface area contributed by atoms with E-state index in [0.29, 0.717) is 23.5 Å². The van der Waals surface area contributed by atoms with Crippen molar-refractivity contribution in [1.82, 2.24) is 10.6 Å². The van der Waals surface area contributed by atoms with E-state index >= 15 is 0 Å². The van der Waals surface area contributed by atoms with Gasteiger partial charge >= 0.3 is 5.97 Å². The average Bonchev–Trinajstić information content (AvgIpc) is 2.52. The molecule has 2 aliphatic rings. The molecule has 0 aromatic rings. The Bertz CT molecular complexity index is 351. The van der Waals surface area contributed by atoms with Gasteiger partial charge in [-0.15, -0.1) is 11.8 Å². The fourth-order valence-corrected chi connectivity index (χ4v) is 4.14. The quantitative estimate of drug-likeness (QED) is 0.692. The van der Waals surface area contributed by atoms with Crippen LogP contribution in [0.5, 0.6) is 0 Å². The maximum atomic E-state index is 11.9. The summed E-state index contributed by atoms with van der Waals surface area (Å²) < 4.78 is 0. The number of carbonyl (C=O) groups excluding carboxylic acids is 1. The highest BCUT2D eigenvalue weighted by atomic mass is 32.2. The van der Waals surface area contributed by atoms with E-state index in [1.54, 1.807) is 11.8 Å². The summed E-state index contributed by atoms with van der Waals surface area (Å²) in [6, 6.07) is 0. The van der Waals surface area contributed by atoms with Crippen LogP contribution in [0.2, 0.25) is 0 Å². The third kappa shape index (κ3) is 5.87. The van der Waals surface area contributed by atoms with Crippen LogP contribution in [0.1, 0.15) is 38.5 Å². The van der Waals surface area contributed by atoms with E-state index < -0.39 is 5.97 Å². The van der Waals surface area contributed by atoms with Gasteiger partial charge in [0.15, 0.2) is 0 Å². The van der Waals surface area contributed by atoms with Crippen LogP contribution in [0.3, 0.4) is 0 Å². The van der Waals surface area contributed by atoms with E-state index in [9.17, 15) is 9.59 Å². The molecular weight excluding hydrogens is 288 g/mol. The number of carboxylic acids is 1. The lowest BCUT2D eigenvalue weighted by atomic mass is 9.82. The first kappa shape index (κ1) is 16.6. The second-order valence-electron chi connectivity index (χ2n) is 6.12. The molecule has 3 N–H and O–H groups in total. The Balaban J connectivity index is 1.55. The molecule has 1 heterocycles. The molecule has 0 atom stereocenters. The van der Waals surface area contributed by atoms with Crippen LogP contribution in [0.4, 0.5) is 0 Å². The lowest BCUT2D eigenvalue weighted by molar-refractivity contribution is -0.143. The second kappa shape index (κ2) is 8.63. The zero-order valence-corrected chi connectivity index (χ0v) is 13.3. The maximum Gasteiger partial charge on any atom is 0.306 e. The monoisotopic (exact) mass is 314 g/mol. The first-order chi connectivity index (χ1) is 10.1. The summed E-state index contributed by atoms with van der Waals surface area (Å²) in [5, 5.41) is 15.9. The molecule has 0 aromatic carbocycles. The van der Waals surface area contributed by atoms with Gasteiger partial charge in [0.1, 0.15) is 0 Å². The molecule has 6 heteroatoms. The van der Waals surface area contributed by atoms with Gasteiger partial charge in [0, 0.05) is 11.8 Å². The number of hydrogen-bond acceptors (Lipinski definition) is 4. The van der Waals surface area contributed by atoms with Crippen molar-refractivity contribution >= 4 is 23.6 Å². The highest BCUT2D eigenvalue weighted by molar-refractivity contribution is 8.00. The molecule has 0 aromatic heterocycles. The number of carbonyl (C=O) groups is 2. The van der Waals surface area contributed by atoms with Crippen LogP contribution in [0.25, 0.3) is 0 Å². The lowest BCUT2D eigenvalue weighted by Crippen LogP contribution is -2.34. The van der Waals surface area contributed by atoms with Crippen molar-refractivity contribution in [2.45, 2.75) is 43.8 Å². The number of thioether (sulfide) groups is 1. The minimum Gasteiger partial charge on any atom is -0.481 e. The van der Waals surface area contributed by atoms with Gasteiger partial charge in [-0.1, -0.05) is 0 Å². The largest absolute Gasteiger partial charge is 0.481 e. The van der Waals surface area contributed by atoms with Crippen LogP contribution >= 0.6 is 11.8 Å². The van der Waals surface area contributed by atoms with Crippen molar-refractivity contribution in [2.75, 3.05) is 25.4 Å². The Hall–Kier alpha value is -0.750. The van der Waals surface area contributed by atoms with Gasteiger partial charge in [-0.05, 0) is 57.5 Å². The Morgan fingerprint density at radius 2 is 1.76 bits per heavy atom. The smallest absolute Gasteiger partial charge is 0.306 e. The third-order valence-electron chi connectivity index (χ3n) is 4.52. The summed E-state index contributed by atoms with van der Waals surface area (Å²) in [5.41, 5.74) is 0. The number of rotatable bonds is 6. The molecule has 1 saturated heterocycles. The molecule has 5 nitrogen and oxygen atoms in total. The third-order valence-corrected chi connectivity index (χ3v) is 5.89. The van der Waals surface area contributed by atoms with Gasteiger partial charge < -0.3 is 15.7 Å². The van der Waals surface area contributed by atoms with Gasteiger partial charge in [0.25, 0.3) is 0 Å². The molecule has 1 saturated carbocycles. The Morgan fingerprint density at radius 1 is 1.10 bits per heavy atom. The van der Waals surface area contributed by atoms with Crippen LogP contribution in [-0.2, 0) is 9.59 Å². The molecule has 2 rings (SSSR count). The van der Waals surface area contributed by atoms with E-state index in [4.69, 9.17) is 5.11 Å². The minimum atomic E-state index is -0.671. The SMILES string of the molecule is O=C(CSC1CCNCC1)NCC1CCC(C(=O)O)CC1. The van der Waals surface area contributed by atoms with Crippen molar-refractivity contribution in [2.24, 2.45) is 11.8 Å². The molecule has 1 aliphatic heterocycles. The summed E-state index contributed by atoms with van der Waals surface area (Å²) in [6.45, 7) is 2.83. The summed E-state index contributed by atoms with van der Waals surface area (Å²) in [5.74, 6) is 0.283. The average molecular weight is 314 g/mol. The minimum absolute atomic E-state index is 0.124. The zero-order chi connectivity index (χ0) is 15.1. The normalized spacial score (nSPS) is 27.2. The van der Waals surface area contributed by atoms with Gasteiger partial charge in [-0.25, -0.2) is 0 Å². The molecule has 0 unspecified atom stereocenters. The Labute approximate surface area is 130 Å². The van der Waals surface area contributed by atoms with Gasteiger partial charge in [-0.3, -0.25) is 9.59 Å². The summed E-state index contributed by atoms with van der Waals surface area (Å²) in [4.78, 5) is 22.7. The van der Waals surface area contributed by atoms with Crippen molar-refractivity contribution < 1.29 is 14.7 Å². The van der Waals surface area contributed by atoms with Gasteiger partial charge in [-0.2, -0.15) is 0 Å². The second-order valence-corrected chi connectivity index (χ2v) is 7.41. The summed E-state index contributed by atoms with van der Waals surface area (Å²) in [7, 11) is 0. The highest BCUT2D eigenvalue weighted by Crippen LogP contribution is 2.28. The van der Waals surface area contributed by atoms with Crippen molar-refractivity contribution in [3.05, 3.63) is 0 Å². The molecule has 120 valence electrons. The highest BCUT2D eigenvalue weighted by Gasteiger charge is 2.26. The van der Waals surface area contributed by atoms with Crippen molar-refractivity contribution in [3.63, 3.8) is 0 Å². The first-order valence-electron chi connectivity index (χ1n) is 7.97. The Kier molecular flexibility index (Phi) is 6.83. The molecule has 0 radical (unpaired) electrons. The molecule has 0 bridgehead atoms. The molecule has 1 aliphatic carbocycles. The number of amides is 1. The fraction of sp³-hybridized carbons (Fsp3) is 0.867. The predicted molar refractivity (Wildman–Crippen MR) is 84.4 cm³/mol. The maximum absolute atomic E-state index is 11.9. The topological polar surface area (TPSA) is 78.4 Å². The zero-order valence-electron chi connectivity index (χ0n) is 12.5. The number of hydrogen-bond donors (Lipinski definition) is 3.